The molecule has 0 bridgehead atoms. The summed E-state index contributed by atoms with van der Waals surface area (Å²) < 4.78 is 34.3. The minimum Gasteiger partial charge on any atom is -0.489 e. The molecule has 27 heavy (non-hydrogen) atoms. The molecule has 0 fully saturated rings. The van der Waals surface area contributed by atoms with Crippen LogP contribution < -0.4 is 10.1 Å². The Bertz CT molecular complexity index is 1130. The first-order chi connectivity index (χ1) is 13.0. The number of halogens is 1. The van der Waals surface area contributed by atoms with E-state index in [1.54, 1.807) is 42.5 Å². The Hall–Kier alpha value is -2.83. The second-order valence-electron chi connectivity index (χ2n) is 5.98. The maximum absolute atomic E-state index is 12.3. The Morgan fingerprint density at radius 2 is 1.74 bits per heavy atom. The average molecular weight is 399 g/mol. The molecule has 5 nitrogen and oxygen atoms in total. The van der Waals surface area contributed by atoms with Gasteiger partial charge in [-0.05, 0) is 54.1 Å². The molecule has 0 aliphatic carbocycles. The van der Waals surface area contributed by atoms with E-state index >= 15 is 0 Å². The van der Waals surface area contributed by atoms with Crippen LogP contribution in [0.4, 0.5) is 5.69 Å². The number of amidine groups is 1. The molecule has 0 saturated heterocycles. The monoisotopic (exact) mass is 398 g/mol. The number of para-hydroxylation sites is 1. The zero-order valence-corrected chi connectivity index (χ0v) is 15.7. The van der Waals surface area contributed by atoms with E-state index in [-0.39, 0.29) is 10.7 Å². The SMILES string of the molecule is O=S1(=O)N=C(c2ccc(OCc3cccc(Cl)c3)cc2)Nc2ccccc21. The van der Waals surface area contributed by atoms with Crippen LogP contribution in [0.25, 0.3) is 0 Å². The second-order valence-corrected chi connectivity index (χ2v) is 7.99. The summed E-state index contributed by atoms with van der Waals surface area (Å²) in [5.41, 5.74) is 2.14. The van der Waals surface area contributed by atoms with Gasteiger partial charge in [-0.25, -0.2) is 0 Å². The Labute approximate surface area is 162 Å². The van der Waals surface area contributed by atoms with E-state index in [0.717, 1.165) is 5.56 Å². The first-order valence-electron chi connectivity index (χ1n) is 8.20. The summed E-state index contributed by atoms with van der Waals surface area (Å²) in [6.07, 6.45) is 0. The lowest BCUT2D eigenvalue weighted by Gasteiger charge is -2.18. The third-order valence-corrected chi connectivity index (χ3v) is 5.62. The Balaban J connectivity index is 1.52. The van der Waals surface area contributed by atoms with Crippen molar-refractivity contribution >= 4 is 33.1 Å². The highest BCUT2D eigenvalue weighted by Gasteiger charge is 2.24. The molecule has 1 aliphatic heterocycles. The molecule has 0 saturated carbocycles. The molecule has 0 amide bonds. The van der Waals surface area contributed by atoms with Crippen molar-refractivity contribution in [3.8, 4) is 5.75 Å². The number of rotatable bonds is 4. The van der Waals surface area contributed by atoms with Crippen molar-refractivity contribution in [1.82, 2.24) is 0 Å². The summed E-state index contributed by atoms with van der Waals surface area (Å²) >= 11 is 5.97. The van der Waals surface area contributed by atoms with Gasteiger partial charge in [0.15, 0.2) is 5.84 Å². The molecule has 3 aromatic rings. The highest BCUT2D eigenvalue weighted by Crippen LogP contribution is 2.28. The van der Waals surface area contributed by atoms with Gasteiger partial charge in [-0.2, -0.15) is 8.42 Å². The van der Waals surface area contributed by atoms with Gasteiger partial charge >= 0.3 is 0 Å². The third kappa shape index (κ3) is 3.82. The number of hydrogen-bond acceptors (Lipinski definition) is 4. The fraction of sp³-hybridized carbons (Fsp3) is 0.0500. The summed E-state index contributed by atoms with van der Waals surface area (Å²) in [5, 5.41) is 3.73. The predicted molar refractivity (Wildman–Crippen MR) is 106 cm³/mol. The zero-order chi connectivity index (χ0) is 18.9. The lowest BCUT2D eigenvalue weighted by Crippen LogP contribution is -2.22. The predicted octanol–water partition coefficient (Wildman–Crippen LogP) is 4.48. The van der Waals surface area contributed by atoms with Crippen molar-refractivity contribution < 1.29 is 13.2 Å². The van der Waals surface area contributed by atoms with Gasteiger partial charge in [-0.15, -0.1) is 4.40 Å². The van der Waals surface area contributed by atoms with Gasteiger partial charge in [0.1, 0.15) is 17.3 Å². The van der Waals surface area contributed by atoms with Crippen LogP contribution in [0.1, 0.15) is 11.1 Å². The molecule has 0 radical (unpaired) electrons. The third-order valence-electron chi connectivity index (χ3n) is 4.05. The molecule has 0 unspecified atom stereocenters. The van der Waals surface area contributed by atoms with Gasteiger partial charge in [-0.3, -0.25) is 0 Å². The van der Waals surface area contributed by atoms with E-state index in [0.29, 0.717) is 28.6 Å². The Morgan fingerprint density at radius 1 is 0.963 bits per heavy atom. The smallest absolute Gasteiger partial charge is 0.286 e. The molecule has 1 N–H and O–H groups in total. The maximum Gasteiger partial charge on any atom is 0.286 e. The van der Waals surface area contributed by atoms with Crippen LogP contribution in [0.2, 0.25) is 5.02 Å². The summed E-state index contributed by atoms with van der Waals surface area (Å²) in [4.78, 5) is 0.176. The standard InChI is InChI=1S/C20H15ClN2O3S/c21-16-5-3-4-14(12-16)13-26-17-10-8-15(9-11-17)20-22-18-6-1-2-7-19(18)27(24,25)23-20/h1-12H,13H2,(H,22,23). The number of fused-ring (bicyclic) bond motifs is 1. The van der Waals surface area contributed by atoms with Gasteiger partial charge in [0.05, 0.1) is 5.69 Å². The number of benzene rings is 3. The van der Waals surface area contributed by atoms with E-state index in [9.17, 15) is 8.42 Å². The van der Waals surface area contributed by atoms with Crippen molar-refractivity contribution in [3.05, 3.63) is 88.9 Å². The van der Waals surface area contributed by atoms with Crippen molar-refractivity contribution in [2.45, 2.75) is 11.5 Å². The largest absolute Gasteiger partial charge is 0.489 e. The van der Waals surface area contributed by atoms with Gasteiger partial charge in [-0.1, -0.05) is 35.9 Å². The fourth-order valence-electron chi connectivity index (χ4n) is 2.74. The van der Waals surface area contributed by atoms with Gasteiger partial charge < -0.3 is 10.1 Å². The van der Waals surface area contributed by atoms with Crippen molar-refractivity contribution in [1.29, 1.82) is 0 Å². The first kappa shape index (κ1) is 17.6. The Morgan fingerprint density at radius 3 is 2.52 bits per heavy atom. The second kappa shape index (κ2) is 7.06. The maximum atomic E-state index is 12.3. The van der Waals surface area contributed by atoms with Crippen LogP contribution >= 0.6 is 11.6 Å². The normalized spacial score (nSPS) is 14.6. The van der Waals surface area contributed by atoms with Crippen molar-refractivity contribution in [2.75, 3.05) is 5.32 Å². The number of anilines is 1. The fourth-order valence-corrected chi connectivity index (χ4v) is 4.09. The van der Waals surface area contributed by atoms with E-state index in [2.05, 4.69) is 9.71 Å². The molecule has 0 aromatic heterocycles. The van der Waals surface area contributed by atoms with Gasteiger partial charge in [0.2, 0.25) is 0 Å². The van der Waals surface area contributed by atoms with Crippen LogP contribution in [-0.2, 0) is 16.6 Å². The van der Waals surface area contributed by atoms with Crippen molar-refractivity contribution in [2.24, 2.45) is 4.40 Å². The number of nitrogens with one attached hydrogen (secondary N) is 1. The van der Waals surface area contributed by atoms with Crippen LogP contribution in [0.5, 0.6) is 5.75 Å². The quantitative estimate of drug-likeness (QED) is 0.703. The molecule has 3 aromatic carbocycles. The summed E-state index contributed by atoms with van der Waals surface area (Å²) in [5.74, 6) is 0.952. The topological polar surface area (TPSA) is 67.8 Å². The lowest BCUT2D eigenvalue weighted by molar-refractivity contribution is 0.306. The van der Waals surface area contributed by atoms with Crippen LogP contribution in [0, 0.1) is 0 Å². The number of hydrogen-bond donors (Lipinski definition) is 1. The highest BCUT2D eigenvalue weighted by molar-refractivity contribution is 7.90. The van der Waals surface area contributed by atoms with E-state index in [4.69, 9.17) is 16.3 Å². The number of nitrogens with zero attached hydrogens (tertiary/aromatic N) is 1. The summed E-state index contributed by atoms with van der Waals surface area (Å²) in [6.45, 7) is 0.390. The molecular formula is C20H15ClN2O3S. The van der Waals surface area contributed by atoms with E-state index in [1.807, 2.05) is 24.3 Å². The minimum atomic E-state index is -3.72. The first-order valence-corrected chi connectivity index (χ1v) is 10.0. The van der Waals surface area contributed by atoms with Gasteiger partial charge in [0, 0.05) is 10.6 Å². The molecule has 1 aliphatic rings. The molecular weight excluding hydrogens is 384 g/mol. The van der Waals surface area contributed by atoms with Crippen LogP contribution in [0.3, 0.4) is 0 Å². The minimum absolute atomic E-state index is 0.176. The van der Waals surface area contributed by atoms with E-state index in [1.165, 1.54) is 6.07 Å². The molecule has 1 heterocycles. The number of ether oxygens (including phenoxy) is 1. The molecule has 136 valence electrons. The van der Waals surface area contributed by atoms with Crippen LogP contribution in [0.15, 0.2) is 82.1 Å². The lowest BCUT2D eigenvalue weighted by atomic mass is 10.2. The van der Waals surface area contributed by atoms with Gasteiger partial charge in [0.25, 0.3) is 10.0 Å². The van der Waals surface area contributed by atoms with Crippen molar-refractivity contribution in [3.63, 3.8) is 0 Å². The van der Waals surface area contributed by atoms with E-state index < -0.39 is 10.0 Å². The molecule has 4 rings (SSSR count). The molecule has 0 atom stereocenters. The molecule has 7 heteroatoms. The highest BCUT2D eigenvalue weighted by atomic mass is 35.5. The zero-order valence-electron chi connectivity index (χ0n) is 14.1. The molecule has 0 spiro atoms. The summed E-state index contributed by atoms with van der Waals surface area (Å²) in [7, 11) is -3.72. The summed E-state index contributed by atoms with van der Waals surface area (Å²) in [6, 6.07) is 21.2. The Kier molecular flexibility index (Phi) is 4.59. The average Bonchev–Trinajstić information content (AvgIpc) is 2.66. The van der Waals surface area contributed by atoms with Crippen LogP contribution in [-0.4, -0.2) is 14.3 Å². The number of sulfonamides is 1.